The average Bonchev–Trinajstić information content (AvgIpc) is 0.743. The van der Waals surface area contributed by atoms with Crippen LogP contribution in [-0.2, 0) is 90.4 Å². The molecule has 24 heteroatoms. The van der Waals surface area contributed by atoms with Gasteiger partial charge in [0.25, 0.3) is 5.60 Å². The van der Waals surface area contributed by atoms with Crippen molar-refractivity contribution >= 4 is 70.5 Å². The van der Waals surface area contributed by atoms with E-state index in [9.17, 15) is 51.3 Å². The van der Waals surface area contributed by atoms with Crippen molar-refractivity contribution < 1.29 is 158 Å². The Morgan fingerprint density at radius 2 is 0.687 bits per heavy atom. The van der Waals surface area contributed by atoms with Gasteiger partial charge in [0, 0.05) is 74.3 Å². The molecule has 648 valence electrons. The number of rotatable bonds is 18. The van der Waals surface area contributed by atoms with Crippen molar-refractivity contribution in [2.24, 2.45) is 0 Å². The number of aryl methyl sites for hydroxylation is 2. The molecule has 0 saturated heterocycles. The topological polar surface area (TPSA) is 127 Å². The summed E-state index contributed by atoms with van der Waals surface area (Å²) in [6.45, 7) is 43.5. The first-order chi connectivity index (χ1) is 50.9. The minimum absolute atomic E-state index is 0. The molecule has 0 aromatic heterocycles. The van der Waals surface area contributed by atoms with Gasteiger partial charge in [0.2, 0.25) is 5.34 Å². The van der Waals surface area contributed by atoms with Gasteiger partial charge in [0.1, 0.15) is 24.7 Å². The second-order valence-corrected chi connectivity index (χ2v) is 44.2. The fourth-order valence-corrected chi connectivity index (χ4v) is 27.8. The Balaban J connectivity index is -0.000000326. The van der Waals surface area contributed by atoms with E-state index in [1.807, 2.05) is 195 Å². The van der Waals surface area contributed by atoms with Gasteiger partial charge >= 0.3 is 65.0 Å². The van der Waals surface area contributed by atoms with E-state index in [0.717, 1.165) is 16.8 Å². The number of carbonyl (C=O) groups excluding carboxylic acids is 2. The Bertz CT molecular complexity index is 3610. The predicted octanol–water partition coefficient (Wildman–Crippen LogP) is 17.8. The molecule has 8 aromatic carbocycles. The van der Waals surface area contributed by atoms with Crippen molar-refractivity contribution in [1.82, 2.24) is 0 Å². The first-order valence-corrected chi connectivity index (χ1v) is 43.4. The summed E-state index contributed by atoms with van der Waals surface area (Å²) in [6.07, 6.45) is -2.73. The zero-order valence-corrected chi connectivity index (χ0v) is 80.5. The predicted molar refractivity (Wildman–Crippen MR) is 463 cm³/mol. The van der Waals surface area contributed by atoms with Crippen molar-refractivity contribution in [3.05, 3.63) is 289 Å². The summed E-state index contributed by atoms with van der Waals surface area (Å²) >= 11 is 0. The number of nitrogens with zero attached hydrogens (tertiary/aromatic N) is 1. The van der Waals surface area contributed by atoms with E-state index in [2.05, 4.69) is 181 Å². The number of benzene rings is 8. The minimum atomic E-state index is -5.06. The maximum Gasteiger partial charge on any atom is 2.00 e. The number of hydrogen-bond donors (Lipinski definition) is 3. The summed E-state index contributed by atoms with van der Waals surface area (Å²) in [4.78, 5) is 23.6. The molecule has 8 aromatic rings. The number of alkyl halides is 6. The van der Waals surface area contributed by atoms with Gasteiger partial charge in [-0.3, -0.25) is 0 Å². The Morgan fingerprint density at radius 3 is 0.948 bits per heavy atom. The molecule has 0 spiro atoms. The van der Waals surface area contributed by atoms with Gasteiger partial charge in [0.05, 0.1) is 60.3 Å². The fourth-order valence-electron chi connectivity index (χ4n) is 12.7. The molecule has 0 radical (unpaired) electrons. The Labute approximate surface area is 752 Å². The quantitative estimate of drug-likeness (QED) is 0.0257. The first-order valence-electron chi connectivity index (χ1n) is 37.1. The molecule has 0 heterocycles. The molecular weight excluding hydrogens is 1730 g/mol. The van der Waals surface area contributed by atoms with Crippen molar-refractivity contribution in [3.8, 4) is 0 Å². The van der Waals surface area contributed by atoms with Gasteiger partial charge in [-0.05, 0) is 165 Å². The second-order valence-electron chi connectivity index (χ2n) is 30.2. The van der Waals surface area contributed by atoms with Crippen LogP contribution in [-0.4, -0.2) is 90.6 Å². The first kappa shape index (κ1) is 122. The summed E-state index contributed by atoms with van der Waals surface area (Å²) < 4.78 is 89.2. The maximum absolute atomic E-state index is 13.5. The molecule has 3 atom stereocenters. The largest absolute Gasteiger partial charge is 2.00 e. The molecule has 0 aliphatic heterocycles. The van der Waals surface area contributed by atoms with Gasteiger partial charge in [-0.2, -0.15) is 81.7 Å². The molecule has 0 aliphatic rings. The van der Waals surface area contributed by atoms with Crippen molar-refractivity contribution in [1.29, 1.82) is 0 Å². The Morgan fingerprint density at radius 1 is 0.417 bits per heavy atom. The number of esters is 2. The van der Waals surface area contributed by atoms with Crippen LogP contribution in [0.25, 0.3) is 5.32 Å². The van der Waals surface area contributed by atoms with Gasteiger partial charge < -0.3 is 68.2 Å². The monoisotopic (exact) mass is 1860 g/mol. The van der Waals surface area contributed by atoms with Crippen LogP contribution in [0, 0.1) is 39.5 Å². The smallest absolute Gasteiger partial charge is 1.00 e. The third-order valence-corrected chi connectivity index (χ3v) is 31.0. The van der Waals surface area contributed by atoms with Gasteiger partial charge in [-0.1, -0.05) is 193 Å². The van der Waals surface area contributed by atoms with Gasteiger partial charge in [0.15, 0.2) is 0 Å². The van der Waals surface area contributed by atoms with Crippen molar-refractivity contribution in [2.45, 2.75) is 221 Å². The normalized spacial score (nSPS) is 12.4. The zero-order chi connectivity index (χ0) is 83.3. The summed E-state index contributed by atoms with van der Waals surface area (Å²) in [7, 11) is -7.16. The molecule has 0 bridgehead atoms. The van der Waals surface area contributed by atoms with Crippen LogP contribution in [0.1, 0.15) is 186 Å². The number of ether oxygens (including phenoxy) is 2. The van der Waals surface area contributed by atoms with Crippen molar-refractivity contribution in [2.75, 3.05) is 19.4 Å². The van der Waals surface area contributed by atoms with E-state index < -0.39 is 99.0 Å². The molecular formula is C91H128ClF6LiNNi4O7P4+. The van der Waals surface area contributed by atoms with Crippen LogP contribution in [0.2, 0.25) is 0 Å². The van der Waals surface area contributed by atoms with E-state index in [1.165, 1.54) is 51.8 Å². The summed E-state index contributed by atoms with van der Waals surface area (Å²) in [6, 6.07) is 79.9. The third kappa shape index (κ3) is 38.7. The van der Waals surface area contributed by atoms with E-state index in [0.29, 0.717) is 0 Å². The zero-order valence-electron chi connectivity index (χ0n) is 71.8. The molecule has 3 unspecified atom stereocenters. The van der Waals surface area contributed by atoms with E-state index in [-0.39, 0.29) is 116 Å². The Hall–Kier alpha value is -3.46. The standard InChI is InChI=1S/C27H25NP.C25H21OP.C14H26F3O3P.C13H24F3O3P.4C3H7.ClH.Li.4Ni/c1-21-13-12-14-22(2)26(21)28-27(23-15-6-3-7-16-23)29(24-17-8-4-9-18-24)25-19-10-5-11-20-25;26-25(21-13-5-1-6-14-21,22-15-7-2-8-16-22)27(23-17-9-3-10-18-23)24-19-11-4-12-20-24;1-8-20-10(18)13(19,14(15,16)17)9-21(11(2,3)4)12(5,6)7;1-8-19-9(17)12(18,13(14,15)16)20(10(2,3)4)11(5,6)7;4*1-3-2;;;;;;/h3-20,27H,1-2H3;1-20,26H;19H,8-9H2,1-7H3;18H,8H2,1-7H3;4*3H,1-2H3;1H;;;;;/q-1;;;;4*-1;;+1;;;;+2/p+3. The van der Waals surface area contributed by atoms with E-state index >= 15 is 0 Å². The van der Waals surface area contributed by atoms with Crippen LogP contribution in [0.3, 0.4) is 0 Å². The van der Waals surface area contributed by atoms with Crippen LogP contribution in [0.15, 0.2) is 231 Å². The second kappa shape index (κ2) is 59.3. The van der Waals surface area contributed by atoms with Crippen LogP contribution < -0.4 is 52.5 Å². The molecule has 8 rings (SSSR count). The van der Waals surface area contributed by atoms with Crippen LogP contribution >= 0.6 is 31.7 Å². The summed E-state index contributed by atoms with van der Waals surface area (Å²) in [5, 5.41) is 36.3. The molecule has 0 aliphatic carbocycles. The van der Waals surface area contributed by atoms with Crippen LogP contribution in [0.4, 0.5) is 32.0 Å². The number of halogens is 7. The number of aliphatic hydroxyl groups is 3. The van der Waals surface area contributed by atoms with Crippen LogP contribution in [0.5, 0.6) is 0 Å². The fraction of sp³-hybridized carbons (Fsp3) is 0.407. The molecule has 115 heavy (non-hydrogen) atoms. The third-order valence-electron chi connectivity index (χ3n) is 16.3. The molecule has 3 N–H and O–H groups in total. The number of carbonyl (C=O) groups is 2. The van der Waals surface area contributed by atoms with E-state index in [1.54, 1.807) is 41.5 Å². The summed E-state index contributed by atoms with van der Waals surface area (Å²) in [5.41, 5.74) is 3.28. The Kier molecular flexibility index (Phi) is 63.1. The number of para-hydroxylation sites is 1. The number of hydrogen-bond acceptors (Lipinski definition) is 7. The minimum Gasteiger partial charge on any atom is -1.00 e. The molecule has 0 amide bonds. The van der Waals surface area contributed by atoms with Gasteiger partial charge in [-0.15, -0.1) is 5.69 Å². The molecule has 0 fully saturated rings. The molecule has 0 saturated carbocycles. The van der Waals surface area contributed by atoms with Crippen molar-refractivity contribution in [3.63, 3.8) is 0 Å². The molecule has 8 nitrogen and oxygen atoms in total. The average molecular weight is 1860 g/mol. The van der Waals surface area contributed by atoms with Gasteiger partial charge in [-0.25, -0.2) is 9.59 Å². The maximum atomic E-state index is 13.5. The SMILES string of the molecule is CCOC(=O)C(O)(C[PH+](C(C)(C)C)C(C)(C)C)C(F)(F)F.CCOC(=O)C(O)([PH+](C(C)(C)C)C(C)(C)C)C(F)(F)F.C[CH-]C.C[CH-]C.C[CH-]C.C[CH-]C.Cc1cccc(C)c1[N-]C(c1ccccc1)[PH+](c1ccccc1)c1ccccc1.OC(c1ccccc1)(c1ccccc1)[PH+](c1ccccc1)c1ccccc1.[Cl-].[Li+].[Ni+2].[Ni].[Ni].[Ni]. The summed E-state index contributed by atoms with van der Waals surface area (Å²) in [5.74, 6) is -3.11. The van der Waals surface area contributed by atoms with E-state index in [4.69, 9.17) is 5.32 Å².